The van der Waals surface area contributed by atoms with Crippen LogP contribution in [0.3, 0.4) is 0 Å². The number of esters is 2. The van der Waals surface area contributed by atoms with E-state index < -0.39 is 11.2 Å². The Morgan fingerprint density at radius 3 is 1.40 bits per heavy atom. The molecule has 0 aromatic carbocycles. The van der Waals surface area contributed by atoms with Crippen molar-refractivity contribution in [2.24, 2.45) is 0 Å². The number of nitrogens with zero attached hydrogens (tertiary/aromatic N) is 2. The quantitative estimate of drug-likeness (QED) is 0.465. The van der Waals surface area contributed by atoms with Gasteiger partial charge in [-0.3, -0.25) is 19.4 Å². The molecule has 0 spiro atoms. The van der Waals surface area contributed by atoms with Crippen molar-refractivity contribution in [1.29, 1.82) is 0 Å². The van der Waals surface area contributed by atoms with Crippen LogP contribution in [0.15, 0.2) is 0 Å². The second-order valence-electron chi connectivity index (χ2n) is 8.40. The van der Waals surface area contributed by atoms with E-state index in [-0.39, 0.29) is 26.5 Å². The van der Waals surface area contributed by atoms with Gasteiger partial charge in [0.2, 0.25) is 0 Å². The van der Waals surface area contributed by atoms with E-state index in [0.717, 1.165) is 26.2 Å². The van der Waals surface area contributed by atoms with Gasteiger partial charge in [-0.15, -0.1) is 0 Å². The maximum absolute atomic E-state index is 11.7. The second kappa shape index (κ2) is 10.7. The van der Waals surface area contributed by atoms with Crippen molar-refractivity contribution in [1.82, 2.24) is 15.1 Å². The fourth-order valence-electron chi connectivity index (χ4n) is 2.01. The summed E-state index contributed by atoms with van der Waals surface area (Å²) in [5.74, 6) is -0.431. The number of carbonyl (C=O) groups is 2. The van der Waals surface area contributed by atoms with E-state index in [4.69, 9.17) is 9.47 Å². The normalized spacial score (nSPS) is 12.6. The first-order valence-corrected chi connectivity index (χ1v) is 8.80. The minimum Gasteiger partial charge on any atom is -0.459 e. The van der Waals surface area contributed by atoms with Gasteiger partial charge in [0.05, 0.1) is 13.1 Å². The number of ether oxygens (including phenoxy) is 2. The zero-order chi connectivity index (χ0) is 19.7. The SMILES string of the molecule is CN(CCNCCN(C)CC(=O)OC(C)(C)C)CC(=O)OC(C)(C)C.[HH]. The Morgan fingerprint density at radius 2 is 1.12 bits per heavy atom. The summed E-state index contributed by atoms with van der Waals surface area (Å²) in [6.07, 6.45) is 0. The van der Waals surface area contributed by atoms with Gasteiger partial charge < -0.3 is 14.8 Å². The first kappa shape index (κ1) is 23.8. The second-order valence-corrected chi connectivity index (χ2v) is 8.40. The minimum atomic E-state index is -0.450. The topological polar surface area (TPSA) is 71.1 Å². The van der Waals surface area contributed by atoms with E-state index in [9.17, 15) is 9.59 Å². The van der Waals surface area contributed by atoms with Crippen molar-refractivity contribution in [3.05, 3.63) is 0 Å². The first-order chi connectivity index (χ1) is 11.3. The molecule has 0 amide bonds. The highest BCUT2D eigenvalue weighted by atomic mass is 16.6. The van der Waals surface area contributed by atoms with E-state index in [2.05, 4.69) is 5.32 Å². The van der Waals surface area contributed by atoms with Gasteiger partial charge in [-0.2, -0.15) is 0 Å². The molecule has 0 aliphatic carbocycles. The molecule has 1 N–H and O–H groups in total. The Bertz CT molecular complexity index is 382. The van der Waals surface area contributed by atoms with Crippen molar-refractivity contribution in [2.45, 2.75) is 52.7 Å². The minimum absolute atomic E-state index is 0. The Labute approximate surface area is 154 Å². The standard InChI is InChI=1S/C18H37N3O4.H2/c1-17(2,3)24-15(22)13-20(7)11-9-19-10-12-21(8)14-16(23)25-18(4,5)6;/h19H,9-14H2,1-8H3;1H. The average molecular weight is 362 g/mol. The van der Waals surface area contributed by atoms with Crippen molar-refractivity contribution in [2.75, 3.05) is 53.4 Å². The van der Waals surface area contributed by atoms with Crippen molar-refractivity contribution in [3.63, 3.8) is 0 Å². The third-order valence-corrected chi connectivity index (χ3v) is 2.98. The zero-order valence-corrected chi connectivity index (χ0v) is 17.3. The Morgan fingerprint density at radius 1 is 0.800 bits per heavy atom. The molecule has 0 aromatic rings. The summed E-state index contributed by atoms with van der Waals surface area (Å²) >= 11 is 0. The smallest absolute Gasteiger partial charge is 0.320 e. The third kappa shape index (κ3) is 16.1. The molecule has 150 valence electrons. The monoisotopic (exact) mass is 361 g/mol. The molecule has 7 nitrogen and oxygen atoms in total. The molecular weight excluding hydrogens is 322 g/mol. The molecule has 0 fully saturated rings. The zero-order valence-electron chi connectivity index (χ0n) is 17.3. The number of hydrogen-bond donors (Lipinski definition) is 1. The summed E-state index contributed by atoms with van der Waals surface area (Å²) in [4.78, 5) is 27.3. The molecule has 7 heteroatoms. The maximum atomic E-state index is 11.7. The lowest BCUT2D eigenvalue weighted by Gasteiger charge is -2.23. The molecule has 0 saturated carbocycles. The molecule has 0 bridgehead atoms. The molecule has 0 saturated heterocycles. The largest absolute Gasteiger partial charge is 0.459 e. The van der Waals surface area contributed by atoms with Gasteiger partial charge in [0.15, 0.2) is 0 Å². The van der Waals surface area contributed by atoms with Crippen LogP contribution in [0.1, 0.15) is 43.0 Å². The molecular formula is C18H39N3O4. The van der Waals surface area contributed by atoms with Crippen LogP contribution < -0.4 is 5.32 Å². The average Bonchev–Trinajstić information content (AvgIpc) is 2.32. The first-order valence-electron chi connectivity index (χ1n) is 8.80. The molecule has 0 radical (unpaired) electrons. The highest BCUT2D eigenvalue weighted by Crippen LogP contribution is 2.07. The third-order valence-electron chi connectivity index (χ3n) is 2.98. The van der Waals surface area contributed by atoms with Gasteiger partial charge in [0, 0.05) is 27.6 Å². The van der Waals surface area contributed by atoms with Crippen LogP contribution in [0, 0.1) is 0 Å². The van der Waals surface area contributed by atoms with Crippen LogP contribution in [0.25, 0.3) is 0 Å². The van der Waals surface area contributed by atoms with Gasteiger partial charge in [0.25, 0.3) is 0 Å². The number of hydrogen-bond acceptors (Lipinski definition) is 7. The Balaban J connectivity index is 0. The fraction of sp³-hybridized carbons (Fsp3) is 0.889. The van der Waals surface area contributed by atoms with Crippen LogP contribution in [0.2, 0.25) is 0 Å². The van der Waals surface area contributed by atoms with Crippen molar-refractivity contribution < 1.29 is 20.5 Å². The van der Waals surface area contributed by atoms with Gasteiger partial charge in [-0.05, 0) is 55.6 Å². The summed E-state index contributed by atoms with van der Waals surface area (Å²) in [5, 5.41) is 3.30. The molecule has 25 heavy (non-hydrogen) atoms. The van der Waals surface area contributed by atoms with Gasteiger partial charge >= 0.3 is 11.9 Å². The van der Waals surface area contributed by atoms with Gasteiger partial charge in [-0.1, -0.05) is 0 Å². The fourth-order valence-corrected chi connectivity index (χ4v) is 2.01. The van der Waals surface area contributed by atoms with E-state index in [1.54, 1.807) is 0 Å². The Kier molecular flexibility index (Phi) is 10.2. The Hall–Kier alpha value is -1.18. The summed E-state index contributed by atoms with van der Waals surface area (Å²) < 4.78 is 10.6. The van der Waals surface area contributed by atoms with E-state index >= 15 is 0 Å². The molecule has 0 aromatic heterocycles. The lowest BCUT2D eigenvalue weighted by Crippen LogP contribution is -2.39. The molecule has 0 aliphatic heterocycles. The summed E-state index contributed by atoms with van der Waals surface area (Å²) in [6.45, 7) is 14.7. The molecule has 0 unspecified atom stereocenters. The molecule has 0 rings (SSSR count). The van der Waals surface area contributed by atoms with Crippen molar-refractivity contribution >= 4 is 11.9 Å². The van der Waals surface area contributed by atoms with Crippen molar-refractivity contribution in [3.8, 4) is 0 Å². The summed E-state index contributed by atoms with van der Waals surface area (Å²) in [5.41, 5.74) is -0.899. The van der Waals surface area contributed by atoms with Gasteiger partial charge in [0.1, 0.15) is 11.2 Å². The number of likely N-dealkylation sites (N-methyl/N-ethyl adjacent to an activating group) is 2. The number of carbonyl (C=O) groups excluding carboxylic acids is 2. The predicted molar refractivity (Wildman–Crippen MR) is 102 cm³/mol. The van der Waals surface area contributed by atoms with Gasteiger partial charge in [-0.25, -0.2) is 0 Å². The van der Waals surface area contributed by atoms with Crippen LogP contribution in [-0.4, -0.2) is 86.3 Å². The molecule has 0 heterocycles. The molecule has 0 atom stereocenters. The highest BCUT2D eigenvalue weighted by molar-refractivity contribution is 5.72. The van der Waals surface area contributed by atoms with Crippen LogP contribution in [-0.2, 0) is 19.1 Å². The molecule has 0 aliphatic rings. The lowest BCUT2D eigenvalue weighted by atomic mass is 10.2. The summed E-state index contributed by atoms with van der Waals surface area (Å²) in [7, 11) is 3.78. The van der Waals surface area contributed by atoms with E-state index in [1.165, 1.54) is 0 Å². The highest BCUT2D eigenvalue weighted by Gasteiger charge is 2.18. The maximum Gasteiger partial charge on any atom is 0.320 e. The van der Waals surface area contributed by atoms with E-state index in [0.29, 0.717) is 0 Å². The van der Waals surface area contributed by atoms with Crippen LogP contribution >= 0.6 is 0 Å². The number of rotatable bonds is 10. The van der Waals surface area contributed by atoms with Crippen LogP contribution in [0.4, 0.5) is 0 Å². The predicted octanol–water partition coefficient (Wildman–Crippen LogP) is 1.37. The van der Waals surface area contributed by atoms with Crippen LogP contribution in [0.5, 0.6) is 0 Å². The van der Waals surface area contributed by atoms with E-state index in [1.807, 2.05) is 65.4 Å². The lowest BCUT2D eigenvalue weighted by molar-refractivity contribution is -0.156. The number of nitrogens with one attached hydrogen (secondary N) is 1. The summed E-state index contributed by atoms with van der Waals surface area (Å²) in [6, 6.07) is 0.